The smallest absolute Gasteiger partial charge is 0.323 e. The van der Waals surface area contributed by atoms with E-state index < -0.39 is 10.0 Å². The summed E-state index contributed by atoms with van der Waals surface area (Å²) in [7, 11) is -3.55. The number of benzene rings is 1. The lowest BCUT2D eigenvalue weighted by molar-refractivity contribution is 0.0229. The van der Waals surface area contributed by atoms with Gasteiger partial charge in [-0.25, -0.2) is 13.2 Å². The maximum Gasteiger partial charge on any atom is 0.323 e. The number of hydrogen-bond donors (Lipinski definition) is 2. The zero-order valence-electron chi connectivity index (χ0n) is 13.9. The Labute approximate surface area is 145 Å². The molecule has 0 saturated carbocycles. The van der Waals surface area contributed by atoms with Crippen LogP contribution in [-0.4, -0.2) is 73.0 Å². The van der Waals surface area contributed by atoms with Gasteiger partial charge in [-0.1, -0.05) is 0 Å². The maximum atomic E-state index is 12.9. The zero-order valence-corrected chi connectivity index (χ0v) is 14.7. The third-order valence-electron chi connectivity index (χ3n) is 5.11. The van der Waals surface area contributed by atoms with Crippen molar-refractivity contribution >= 4 is 21.1 Å². The molecule has 1 aromatic heterocycles. The second-order valence-corrected chi connectivity index (χ2v) is 8.51. The lowest BCUT2D eigenvalue weighted by Crippen LogP contribution is -2.52. The average molecular weight is 366 g/mol. The fourth-order valence-corrected chi connectivity index (χ4v) is 5.13. The van der Waals surface area contributed by atoms with Gasteiger partial charge in [-0.3, -0.25) is 4.90 Å². The van der Waals surface area contributed by atoms with Gasteiger partial charge in [-0.05, 0) is 31.0 Å². The molecule has 2 aromatic rings. The zero-order chi connectivity index (χ0) is 17.4. The van der Waals surface area contributed by atoms with Gasteiger partial charge in [-0.2, -0.15) is 4.31 Å². The van der Waals surface area contributed by atoms with Crippen molar-refractivity contribution in [3.8, 4) is 0 Å². The summed E-state index contributed by atoms with van der Waals surface area (Å²) in [6, 6.07) is 5.19. The van der Waals surface area contributed by atoms with Gasteiger partial charge in [-0.15, -0.1) is 0 Å². The summed E-state index contributed by atoms with van der Waals surface area (Å²) >= 11 is 0. The largest absolute Gasteiger partial charge is 0.381 e. The van der Waals surface area contributed by atoms with Crippen LogP contribution in [0.25, 0.3) is 11.0 Å². The van der Waals surface area contributed by atoms with Crippen molar-refractivity contribution in [2.75, 3.05) is 39.4 Å². The maximum absolute atomic E-state index is 12.9. The van der Waals surface area contributed by atoms with Crippen molar-refractivity contribution in [2.24, 2.45) is 0 Å². The molecule has 3 heterocycles. The molecule has 0 aliphatic carbocycles. The van der Waals surface area contributed by atoms with Gasteiger partial charge in [0.25, 0.3) is 0 Å². The van der Waals surface area contributed by atoms with Crippen LogP contribution in [0.15, 0.2) is 27.9 Å². The molecule has 136 valence electrons. The highest BCUT2D eigenvalue weighted by molar-refractivity contribution is 7.89. The van der Waals surface area contributed by atoms with E-state index in [2.05, 4.69) is 14.9 Å². The topological polar surface area (TPSA) is 98.5 Å². The van der Waals surface area contributed by atoms with Gasteiger partial charge in [0.2, 0.25) is 10.0 Å². The third-order valence-corrected chi connectivity index (χ3v) is 7.00. The molecular weight excluding hydrogens is 344 g/mol. The Morgan fingerprint density at radius 3 is 2.40 bits per heavy atom. The summed E-state index contributed by atoms with van der Waals surface area (Å²) in [5.41, 5.74) is 0.773. The van der Waals surface area contributed by atoms with E-state index in [1.165, 1.54) is 10.4 Å². The predicted molar refractivity (Wildman–Crippen MR) is 93.1 cm³/mol. The van der Waals surface area contributed by atoms with Gasteiger partial charge >= 0.3 is 5.69 Å². The first-order valence-electron chi connectivity index (χ1n) is 8.58. The molecule has 0 amide bonds. The van der Waals surface area contributed by atoms with Gasteiger partial charge in [0.05, 0.1) is 15.9 Å². The van der Waals surface area contributed by atoms with Crippen molar-refractivity contribution in [2.45, 2.75) is 23.8 Å². The van der Waals surface area contributed by atoms with E-state index in [1.807, 2.05) is 0 Å². The van der Waals surface area contributed by atoms with Crippen LogP contribution in [0, 0.1) is 0 Å². The Balaban J connectivity index is 1.49. The van der Waals surface area contributed by atoms with E-state index in [1.54, 1.807) is 12.1 Å². The van der Waals surface area contributed by atoms with Crippen LogP contribution in [-0.2, 0) is 14.8 Å². The van der Waals surface area contributed by atoms with E-state index in [4.69, 9.17) is 4.74 Å². The van der Waals surface area contributed by atoms with Crippen LogP contribution in [0.1, 0.15) is 12.8 Å². The summed E-state index contributed by atoms with van der Waals surface area (Å²) in [6.45, 7) is 4.04. The Morgan fingerprint density at radius 2 is 1.68 bits per heavy atom. The molecule has 0 radical (unpaired) electrons. The summed E-state index contributed by atoms with van der Waals surface area (Å²) < 4.78 is 32.7. The summed E-state index contributed by atoms with van der Waals surface area (Å²) in [5, 5.41) is 0. The van der Waals surface area contributed by atoms with Crippen LogP contribution in [0.4, 0.5) is 0 Å². The molecule has 8 nitrogen and oxygen atoms in total. The van der Waals surface area contributed by atoms with E-state index in [9.17, 15) is 13.2 Å². The normalized spacial score (nSPS) is 21.8. The molecule has 4 rings (SSSR count). The second-order valence-electron chi connectivity index (χ2n) is 6.57. The Hall–Kier alpha value is -1.68. The third kappa shape index (κ3) is 3.24. The fraction of sp³-hybridized carbons (Fsp3) is 0.562. The predicted octanol–water partition coefficient (Wildman–Crippen LogP) is 0.342. The average Bonchev–Trinajstić information content (AvgIpc) is 3.02. The first kappa shape index (κ1) is 16.8. The number of ether oxygens (including phenoxy) is 1. The number of aromatic amines is 2. The second kappa shape index (κ2) is 6.56. The molecular formula is C16H22N4O4S. The monoisotopic (exact) mass is 366 g/mol. The molecule has 2 aliphatic rings. The van der Waals surface area contributed by atoms with Gasteiger partial charge in [0.15, 0.2) is 0 Å². The SMILES string of the molecule is O=c1[nH]c2ccc(S(=O)(=O)N3CCN(C4CCOCC4)CC3)cc2[nH]1. The van der Waals surface area contributed by atoms with E-state index in [0.29, 0.717) is 30.2 Å². The van der Waals surface area contributed by atoms with E-state index >= 15 is 0 Å². The van der Waals surface area contributed by atoms with Crippen LogP contribution < -0.4 is 5.69 Å². The molecule has 0 spiro atoms. The number of aromatic nitrogens is 2. The number of nitrogens with zero attached hydrogens (tertiary/aromatic N) is 2. The molecule has 2 saturated heterocycles. The number of imidazole rings is 1. The minimum absolute atomic E-state index is 0.217. The quantitative estimate of drug-likeness (QED) is 0.816. The fourth-order valence-electron chi connectivity index (χ4n) is 3.68. The minimum Gasteiger partial charge on any atom is -0.381 e. The number of nitrogens with one attached hydrogen (secondary N) is 2. The van der Waals surface area contributed by atoms with E-state index in [-0.39, 0.29) is 10.6 Å². The van der Waals surface area contributed by atoms with Crippen molar-refractivity contribution < 1.29 is 13.2 Å². The molecule has 25 heavy (non-hydrogen) atoms. The molecule has 2 N–H and O–H groups in total. The van der Waals surface area contributed by atoms with Crippen LogP contribution in [0.5, 0.6) is 0 Å². The first-order chi connectivity index (χ1) is 12.0. The highest BCUT2D eigenvalue weighted by Gasteiger charge is 2.31. The number of sulfonamides is 1. The Bertz CT molecular complexity index is 906. The first-order valence-corrected chi connectivity index (χ1v) is 10.0. The molecule has 2 aliphatic heterocycles. The molecule has 1 aromatic carbocycles. The number of H-pyrrole nitrogens is 2. The number of piperazine rings is 1. The Kier molecular flexibility index (Phi) is 4.40. The van der Waals surface area contributed by atoms with Crippen molar-refractivity contribution in [1.82, 2.24) is 19.2 Å². The lowest BCUT2D eigenvalue weighted by Gasteiger charge is -2.40. The van der Waals surface area contributed by atoms with Gasteiger partial charge < -0.3 is 14.7 Å². The molecule has 2 fully saturated rings. The van der Waals surface area contributed by atoms with E-state index in [0.717, 1.165) is 39.1 Å². The Morgan fingerprint density at radius 1 is 1.00 bits per heavy atom. The minimum atomic E-state index is -3.55. The number of rotatable bonds is 3. The summed E-state index contributed by atoms with van der Waals surface area (Å²) in [4.78, 5) is 19.2. The standard InChI is InChI=1S/C16H22N4O4S/c21-16-17-14-2-1-13(11-15(14)18-16)25(22,23)20-7-5-19(6-8-20)12-3-9-24-10-4-12/h1-2,11-12H,3-10H2,(H2,17,18,21). The number of fused-ring (bicyclic) bond motifs is 1. The van der Waals surface area contributed by atoms with Gasteiger partial charge in [0, 0.05) is 45.4 Å². The molecule has 0 atom stereocenters. The van der Waals surface area contributed by atoms with Gasteiger partial charge in [0.1, 0.15) is 0 Å². The van der Waals surface area contributed by atoms with Crippen LogP contribution in [0.2, 0.25) is 0 Å². The summed E-state index contributed by atoms with van der Waals surface area (Å²) in [6.07, 6.45) is 2.04. The molecule has 9 heteroatoms. The van der Waals surface area contributed by atoms with Crippen molar-refractivity contribution in [3.05, 3.63) is 28.7 Å². The van der Waals surface area contributed by atoms with Crippen molar-refractivity contribution in [1.29, 1.82) is 0 Å². The summed E-state index contributed by atoms with van der Waals surface area (Å²) in [5.74, 6) is 0. The highest BCUT2D eigenvalue weighted by atomic mass is 32.2. The lowest BCUT2D eigenvalue weighted by atomic mass is 10.1. The number of hydrogen-bond acceptors (Lipinski definition) is 5. The van der Waals surface area contributed by atoms with Crippen LogP contribution >= 0.6 is 0 Å². The molecule has 0 bridgehead atoms. The molecule has 0 unspecified atom stereocenters. The van der Waals surface area contributed by atoms with Crippen LogP contribution in [0.3, 0.4) is 0 Å². The van der Waals surface area contributed by atoms with Crippen molar-refractivity contribution in [3.63, 3.8) is 0 Å². The highest BCUT2D eigenvalue weighted by Crippen LogP contribution is 2.22.